The molecule has 0 spiro atoms. The largest absolute Gasteiger partial charge is 0.473 e. The lowest BCUT2D eigenvalue weighted by atomic mass is 10.2. The number of nitrogens with zero attached hydrogens (tertiary/aromatic N) is 3. The zero-order valence-electron chi connectivity index (χ0n) is 13.8. The second kappa shape index (κ2) is 7.17. The Morgan fingerprint density at radius 2 is 1.93 bits per heavy atom. The molecule has 0 N–H and O–H groups in total. The first-order valence-electron chi connectivity index (χ1n) is 7.90. The first-order chi connectivity index (χ1) is 12.7. The van der Waals surface area contributed by atoms with Crippen molar-refractivity contribution in [2.75, 3.05) is 13.1 Å². The van der Waals surface area contributed by atoms with Gasteiger partial charge in [0.05, 0.1) is 28.6 Å². The van der Waals surface area contributed by atoms with E-state index in [2.05, 4.69) is 4.98 Å². The Morgan fingerprint density at radius 3 is 2.56 bits per heavy atom. The van der Waals surface area contributed by atoms with Crippen LogP contribution < -0.4 is 4.74 Å². The van der Waals surface area contributed by atoms with Crippen LogP contribution in [-0.4, -0.2) is 36.9 Å². The molecule has 3 rings (SSSR count). The van der Waals surface area contributed by atoms with Crippen molar-refractivity contribution in [3.8, 4) is 11.9 Å². The molecule has 2 heterocycles. The summed E-state index contributed by atoms with van der Waals surface area (Å²) in [6.07, 6.45) is -3.79. The monoisotopic (exact) mass is 397 g/mol. The number of halogens is 3. The number of aromatic nitrogens is 1. The summed E-state index contributed by atoms with van der Waals surface area (Å²) in [6, 6.07) is 9.03. The van der Waals surface area contributed by atoms with Gasteiger partial charge in [-0.2, -0.15) is 22.7 Å². The minimum absolute atomic E-state index is 0.000258. The number of hydrogen-bond donors (Lipinski definition) is 0. The van der Waals surface area contributed by atoms with E-state index in [9.17, 15) is 21.6 Å². The smallest absolute Gasteiger partial charge is 0.416 e. The molecule has 1 saturated heterocycles. The lowest BCUT2D eigenvalue weighted by Crippen LogP contribution is -2.31. The highest BCUT2D eigenvalue weighted by Gasteiger charge is 2.35. The van der Waals surface area contributed by atoms with Crippen LogP contribution in [0.2, 0.25) is 0 Å². The van der Waals surface area contributed by atoms with Crippen molar-refractivity contribution in [3.05, 3.63) is 53.7 Å². The van der Waals surface area contributed by atoms with Crippen LogP contribution in [0.5, 0.6) is 5.88 Å². The molecular weight excluding hydrogens is 383 g/mol. The van der Waals surface area contributed by atoms with E-state index in [1.807, 2.05) is 6.07 Å². The van der Waals surface area contributed by atoms with Gasteiger partial charge in [-0.15, -0.1) is 0 Å². The maximum atomic E-state index is 12.8. The number of ether oxygens (including phenoxy) is 1. The summed E-state index contributed by atoms with van der Waals surface area (Å²) < 4.78 is 70.2. The van der Waals surface area contributed by atoms with Crippen molar-refractivity contribution >= 4 is 10.0 Å². The predicted molar refractivity (Wildman–Crippen MR) is 88.2 cm³/mol. The number of rotatable bonds is 4. The number of hydrogen-bond acceptors (Lipinski definition) is 5. The highest BCUT2D eigenvalue weighted by molar-refractivity contribution is 7.89. The van der Waals surface area contributed by atoms with Gasteiger partial charge in [0.2, 0.25) is 15.9 Å². The minimum atomic E-state index is -4.51. The van der Waals surface area contributed by atoms with Gasteiger partial charge in [-0.3, -0.25) is 0 Å². The Kier molecular flexibility index (Phi) is 5.08. The molecule has 1 aliphatic rings. The van der Waals surface area contributed by atoms with Crippen LogP contribution in [0.15, 0.2) is 47.5 Å². The van der Waals surface area contributed by atoms with E-state index in [0.29, 0.717) is 12.0 Å². The summed E-state index contributed by atoms with van der Waals surface area (Å²) in [5.74, 6) is -0.201. The van der Waals surface area contributed by atoms with Crippen LogP contribution in [0.25, 0.3) is 0 Å². The second-order valence-electron chi connectivity index (χ2n) is 5.91. The third kappa shape index (κ3) is 4.20. The quantitative estimate of drug-likeness (QED) is 0.792. The molecule has 0 saturated carbocycles. The fraction of sp³-hybridized carbons (Fsp3) is 0.294. The molecule has 0 aliphatic carbocycles. The van der Waals surface area contributed by atoms with Crippen LogP contribution in [0, 0.1) is 11.3 Å². The molecule has 1 aliphatic heterocycles. The predicted octanol–water partition coefficient (Wildman–Crippen LogP) is 2.81. The fourth-order valence-electron chi connectivity index (χ4n) is 2.68. The molecule has 1 unspecified atom stereocenters. The summed E-state index contributed by atoms with van der Waals surface area (Å²) >= 11 is 0. The average Bonchev–Trinajstić information content (AvgIpc) is 3.10. The lowest BCUT2D eigenvalue weighted by molar-refractivity contribution is -0.137. The summed E-state index contributed by atoms with van der Waals surface area (Å²) in [7, 11) is -3.78. The molecule has 142 valence electrons. The lowest BCUT2D eigenvalue weighted by Gasteiger charge is -2.17. The summed E-state index contributed by atoms with van der Waals surface area (Å²) in [6.45, 7) is 0.173. The van der Waals surface area contributed by atoms with Crippen molar-refractivity contribution in [1.82, 2.24) is 9.29 Å². The third-order valence-electron chi connectivity index (χ3n) is 4.08. The van der Waals surface area contributed by atoms with Crippen LogP contribution >= 0.6 is 0 Å². The zero-order chi connectivity index (χ0) is 19.7. The number of alkyl halides is 3. The van der Waals surface area contributed by atoms with Gasteiger partial charge in [-0.1, -0.05) is 0 Å². The first-order valence-corrected chi connectivity index (χ1v) is 9.34. The molecule has 1 fully saturated rings. The van der Waals surface area contributed by atoms with Crippen LogP contribution in [0.4, 0.5) is 13.2 Å². The number of nitriles is 1. The Labute approximate surface area is 153 Å². The maximum Gasteiger partial charge on any atom is 0.416 e. The molecule has 6 nitrogen and oxygen atoms in total. The number of sulfonamides is 1. The maximum absolute atomic E-state index is 12.8. The average molecular weight is 397 g/mol. The van der Waals surface area contributed by atoms with Crippen molar-refractivity contribution in [2.24, 2.45) is 0 Å². The molecular formula is C17H14F3N3O3S. The highest BCUT2D eigenvalue weighted by Crippen LogP contribution is 2.31. The Bertz CT molecular complexity index is 969. The molecule has 10 heteroatoms. The van der Waals surface area contributed by atoms with Crippen molar-refractivity contribution < 1.29 is 26.3 Å². The minimum Gasteiger partial charge on any atom is -0.473 e. The van der Waals surface area contributed by atoms with E-state index in [-0.39, 0.29) is 23.9 Å². The summed E-state index contributed by atoms with van der Waals surface area (Å²) in [5, 5.41) is 8.78. The second-order valence-corrected chi connectivity index (χ2v) is 7.85. The molecule has 1 aromatic carbocycles. The molecule has 0 radical (unpaired) electrons. The van der Waals surface area contributed by atoms with E-state index in [4.69, 9.17) is 10.00 Å². The van der Waals surface area contributed by atoms with E-state index in [1.165, 1.54) is 28.6 Å². The Hall–Kier alpha value is -2.64. The van der Waals surface area contributed by atoms with Crippen LogP contribution in [0.1, 0.15) is 17.5 Å². The van der Waals surface area contributed by atoms with Gasteiger partial charge < -0.3 is 4.74 Å². The molecule has 0 bridgehead atoms. The van der Waals surface area contributed by atoms with Crippen molar-refractivity contribution in [2.45, 2.75) is 23.6 Å². The fourth-order valence-corrected chi connectivity index (χ4v) is 4.17. The molecule has 1 atom stereocenters. The van der Waals surface area contributed by atoms with Gasteiger partial charge in [0.1, 0.15) is 6.10 Å². The Morgan fingerprint density at radius 1 is 1.22 bits per heavy atom. The standard InChI is InChI=1S/C17H14F3N3O3S/c18-17(19,20)13-5-7-22-16(9-13)26-14-6-8-23(11-14)27(24,25)15-3-1-12(10-21)2-4-15/h1-5,7,9,14H,6,8,11H2. The van der Waals surface area contributed by atoms with Crippen LogP contribution in [-0.2, 0) is 16.2 Å². The van der Waals surface area contributed by atoms with E-state index in [0.717, 1.165) is 18.3 Å². The van der Waals surface area contributed by atoms with Gasteiger partial charge in [0.15, 0.2) is 0 Å². The van der Waals surface area contributed by atoms with Crippen molar-refractivity contribution in [3.63, 3.8) is 0 Å². The number of pyridine rings is 1. The SMILES string of the molecule is N#Cc1ccc(S(=O)(=O)N2CCC(Oc3cc(C(F)(F)F)ccn3)C2)cc1. The molecule has 2 aromatic rings. The van der Waals surface area contributed by atoms with Gasteiger partial charge in [-0.25, -0.2) is 13.4 Å². The van der Waals surface area contributed by atoms with Crippen LogP contribution in [0.3, 0.4) is 0 Å². The van der Waals surface area contributed by atoms with Gasteiger partial charge >= 0.3 is 6.18 Å². The number of benzene rings is 1. The zero-order valence-corrected chi connectivity index (χ0v) is 14.7. The summed E-state index contributed by atoms with van der Waals surface area (Å²) in [5.41, 5.74) is -0.542. The van der Waals surface area contributed by atoms with E-state index >= 15 is 0 Å². The van der Waals surface area contributed by atoms with E-state index in [1.54, 1.807) is 0 Å². The van der Waals surface area contributed by atoms with Gasteiger partial charge in [0, 0.05) is 18.8 Å². The van der Waals surface area contributed by atoms with E-state index < -0.39 is 27.9 Å². The summed E-state index contributed by atoms with van der Waals surface area (Å²) in [4.78, 5) is 3.80. The Balaban J connectivity index is 1.70. The molecule has 27 heavy (non-hydrogen) atoms. The van der Waals surface area contributed by atoms with Gasteiger partial charge in [-0.05, 0) is 36.8 Å². The molecule has 1 aromatic heterocycles. The topological polar surface area (TPSA) is 83.3 Å². The van der Waals surface area contributed by atoms with Gasteiger partial charge in [0.25, 0.3) is 0 Å². The normalized spacial score (nSPS) is 18.2. The molecule has 0 amide bonds. The van der Waals surface area contributed by atoms with Crippen molar-refractivity contribution in [1.29, 1.82) is 5.26 Å². The highest BCUT2D eigenvalue weighted by atomic mass is 32.2. The first kappa shape index (κ1) is 19.1. The third-order valence-corrected chi connectivity index (χ3v) is 5.96.